The van der Waals surface area contributed by atoms with Gasteiger partial charge in [-0.2, -0.15) is 10.1 Å². The Bertz CT molecular complexity index is 1580. The Morgan fingerprint density at radius 3 is 2.56 bits per heavy atom. The molecule has 0 spiro atoms. The second-order valence-corrected chi connectivity index (χ2v) is 10.3. The highest BCUT2D eigenvalue weighted by Gasteiger charge is 2.31. The molecule has 0 radical (unpaired) electrons. The predicted octanol–water partition coefficient (Wildman–Crippen LogP) is 5.39. The van der Waals surface area contributed by atoms with Crippen molar-refractivity contribution >= 4 is 52.0 Å². The lowest BCUT2D eigenvalue weighted by Gasteiger charge is -2.28. The van der Waals surface area contributed by atoms with Crippen LogP contribution in [-0.2, 0) is 11.2 Å². The first-order valence-electron chi connectivity index (χ1n) is 13.3. The number of aromatic nitrogens is 4. The lowest BCUT2D eigenvalue weighted by molar-refractivity contribution is -0.384. The van der Waals surface area contributed by atoms with Gasteiger partial charge in [0.2, 0.25) is 11.8 Å². The van der Waals surface area contributed by atoms with Crippen LogP contribution in [0.15, 0.2) is 54.6 Å². The van der Waals surface area contributed by atoms with E-state index in [9.17, 15) is 14.9 Å². The molecule has 0 atom stereocenters. The molecule has 2 aliphatic rings. The number of morpholine rings is 1. The van der Waals surface area contributed by atoms with E-state index in [4.69, 9.17) is 16.3 Å². The van der Waals surface area contributed by atoms with Gasteiger partial charge in [0.25, 0.3) is 0 Å². The van der Waals surface area contributed by atoms with Gasteiger partial charge in [-0.25, -0.2) is 4.98 Å². The summed E-state index contributed by atoms with van der Waals surface area (Å²) in [5.74, 6) is 0.0657. The molecule has 41 heavy (non-hydrogen) atoms. The quantitative estimate of drug-likeness (QED) is 0.128. The van der Waals surface area contributed by atoms with Crippen LogP contribution in [0.4, 0.5) is 34.6 Å². The summed E-state index contributed by atoms with van der Waals surface area (Å²) in [6, 6.07) is 16.3. The van der Waals surface area contributed by atoms with E-state index in [0.29, 0.717) is 41.2 Å². The van der Waals surface area contributed by atoms with E-state index >= 15 is 0 Å². The minimum Gasteiger partial charge on any atom is -0.378 e. The second kappa shape index (κ2) is 11.5. The number of rotatable bonds is 10. The maximum absolute atomic E-state index is 13.6. The summed E-state index contributed by atoms with van der Waals surface area (Å²) in [5, 5.41) is 25.8. The van der Waals surface area contributed by atoms with Crippen molar-refractivity contribution < 1.29 is 14.5 Å². The number of ether oxygens (including phenoxy) is 1. The monoisotopic (exact) mass is 574 g/mol. The van der Waals surface area contributed by atoms with E-state index in [-0.39, 0.29) is 23.9 Å². The molecule has 210 valence electrons. The summed E-state index contributed by atoms with van der Waals surface area (Å²) in [5.41, 5.74) is 2.31. The molecule has 12 nitrogen and oxygen atoms in total. The fraction of sp³-hybridized carbons (Fsp3) is 0.286. The van der Waals surface area contributed by atoms with Crippen LogP contribution in [0.3, 0.4) is 0 Å². The molecular weight excluding hydrogens is 548 g/mol. The highest BCUT2D eigenvalue weighted by molar-refractivity contribution is 6.33. The molecule has 0 amide bonds. The van der Waals surface area contributed by atoms with Gasteiger partial charge >= 0.3 is 5.69 Å². The Labute approximate surface area is 240 Å². The average Bonchev–Trinajstić information content (AvgIpc) is 3.73. The molecule has 2 aromatic carbocycles. The van der Waals surface area contributed by atoms with Crippen molar-refractivity contribution in [3.05, 3.63) is 86.7 Å². The van der Waals surface area contributed by atoms with Crippen molar-refractivity contribution in [2.75, 3.05) is 41.8 Å². The van der Waals surface area contributed by atoms with Gasteiger partial charge in [-0.1, -0.05) is 35.9 Å². The summed E-state index contributed by atoms with van der Waals surface area (Å²) < 4.78 is 5.42. The number of anilines is 5. The predicted molar refractivity (Wildman–Crippen MR) is 155 cm³/mol. The Kier molecular flexibility index (Phi) is 7.49. The average molecular weight is 575 g/mol. The number of hydrogen-bond acceptors (Lipinski definition) is 10. The zero-order chi connectivity index (χ0) is 28.3. The lowest BCUT2D eigenvalue weighted by atomic mass is 10.0. The molecule has 6 rings (SSSR count). The van der Waals surface area contributed by atoms with Crippen molar-refractivity contribution in [2.45, 2.75) is 25.2 Å². The topological polar surface area (TPSA) is 151 Å². The van der Waals surface area contributed by atoms with Crippen molar-refractivity contribution in [3.63, 3.8) is 0 Å². The molecule has 0 unspecified atom stereocenters. The number of nitrogens with one attached hydrogen (secondary N) is 3. The third kappa shape index (κ3) is 6.13. The summed E-state index contributed by atoms with van der Waals surface area (Å²) in [7, 11) is 0. The van der Waals surface area contributed by atoms with Crippen LogP contribution in [0, 0.1) is 10.1 Å². The maximum Gasteiger partial charge on any atom is 0.341 e. The molecule has 1 saturated heterocycles. The first-order chi connectivity index (χ1) is 19.9. The highest BCUT2D eigenvalue weighted by Crippen LogP contribution is 2.40. The van der Waals surface area contributed by atoms with Crippen LogP contribution in [0.1, 0.15) is 40.5 Å². The number of aromatic amines is 1. The fourth-order valence-electron chi connectivity index (χ4n) is 4.69. The van der Waals surface area contributed by atoms with Crippen molar-refractivity contribution in [3.8, 4) is 0 Å². The standard InChI is InChI=1S/C28H27ClN8O4/c29-20-3-1-2-4-21(20)30-28-32-25(23(38)15-17-5-9-19(10-6-17)36-11-13-41-14-12-36)26(37(39)40)27(33-28)31-24-16-22(34-35-24)18-7-8-18/h1-6,9-10,16,18H,7-8,11-15H2,(H3,30,31,32,33,34,35). The number of halogens is 1. The molecule has 1 aliphatic heterocycles. The highest BCUT2D eigenvalue weighted by atomic mass is 35.5. The van der Waals surface area contributed by atoms with E-state index in [1.807, 2.05) is 24.3 Å². The number of Topliss-reactive ketones (excluding diaryl/α,β-unsaturated/α-hetero) is 1. The number of carbonyl (C=O) groups excluding carboxylic acids is 1. The Morgan fingerprint density at radius 2 is 1.85 bits per heavy atom. The van der Waals surface area contributed by atoms with Crippen LogP contribution >= 0.6 is 11.6 Å². The third-order valence-electron chi connectivity index (χ3n) is 6.99. The molecule has 4 aromatic rings. The van der Waals surface area contributed by atoms with E-state index in [1.54, 1.807) is 30.3 Å². The fourth-order valence-corrected chi connectivity index (χ4v) is 4.87. The van der Waals surface area contributed by atoms with Gasteiger partial charge in [0, 0.05) is 42.9 Å². The molecule has 0 bridgehead atoms. The van der Waals surface area contributed by atoms with Gasteiger partial charge in [0.15, 0.2) is 17.3 Å². The largest absolute Gasteiger partial charge is 0.378 e. The first-order valence-corrected chi connectivity index (χ1v) is 13.7. The molecule has 1 aliphatic carbocycles. The number of ketones is 1. The summed E-state index contributed by atoms with van der Waals surface area (Å²) in [6.45, 7) is 2.92. The van der Waals surface area contributed by atoms with Gasteiger partial charge < -0.3 is 20.3 Å². The van der Waals surface area contributed by atoms with Crippen LogP contribution in [0.25, 0.3) is 0 Å². The molecule has 2 aromatic heterocycles. The number of carbonyl (C=O) groups is 1. The lowest BCUT2D eigenvalue weighted by Crippen LogP contribution is -2.36. The van der Waals surface area contributed by atoms with Gasteiger partial charge in [0.1, 0.15) is 0 Å². The SMILES string of the molecule is O=C(Cc1ccc(N2CCOCC2)cc1)c1nc(Nc2ccccc2Cl)nc(Nc2cc(C3CC3)[nH]n2)c1[N+](=O)[O-]. The zero-order valence-corrected chi connectivity index (χ0v) is 22.7. The van der Waals surface area contributed by atoms with E-state index in [1.165, 1.54) is 0 Å². The molecular formula is C28H27ClN8O4. The van der Waals surface area contributed by atoms with Gasteiger partial charge in [-0.15, -0.1) is 0 Å². The number of nitrogens with zero attached hydrogens (tertiary/aromatic N) is 5. The Balaban J connectivity index is 1.32. The number of benzene rings is 2. The molecule has 1 saturated carbocycles. The second-order valence-electron chi connectivity index (χ2n) is 9.93. The van der Waals surface area contributed by atoms with Crippen molar-refractivity contribution in [1.82, 2.24) is 20.2 Å². The number of hydrogen-bond donors (Lipinski definition) is 3. The molecule has 3 N–H and O–H groups in total. The maximum atomic E-state index is 13.6. The number of para-hydroxylation sites is 1. The van der Waals surface area contributed by atoms with Crippen LogP contribution in [0.5, 0.6) is 0 Å². The zero-order valence-electron chi connectivity index (χ0n) is 22.0. The Morgan fingerprint density at radius 1 is 1.10 bits per heavy atom. The molecule has 3 heterocycles. The van der Waals surface area contributed by atoms with Crippen LogP contribution in [0.2, 0.25) is 5.02 Å². The summed E-state index contributed by atoms with van der Waals surface area (Å²) in [4.78, 5) is 36.1. The van der Waals surface area contributed by atoms with E-state index in [0.717, 1.165) is 37.3 Å². The van der Waals surface area contributed by atoms with Crippen LogP contribution < -0.4 is 15.5 Å². The van der Waals surface area contributed by atoms with Crippen LogP contribution in [-0.4, -0.2) is 57.2 Å². The molecule has 2 fully saturated rings. The minimum absolute atomic E-state index is 0.0184. The first kappa shape index (κ1) is 26.7. The van der Waals surface area contributed by atoms with E-state index in [2.05, 4.69) is 35.7 Å². The summed E-state index contributed by atoms with van der Waals surface area (Å²) >= 11 is 6.31. The smallest absolute Gasteiger partial charge is 0.341 e. The Hall–Kier alpha value is -4.55. The number of H-pyrrole nitrogens is 1. The number of nitro groups is 1. The third-order valence-corrected chi connectivity index (χ3v) is 7.32. The summed E-state index contributed by atoms with van der Waals surface area (Å²) in [6.07, 6.45) is 2.04. The normalized spacial score (nSPS) is 15.0. The van der Waals surface area contributed by atoms with E-state index < -0.39 is 16.4 Å². The van der Waals surface area contributed by atoms with Gasteiger partial charge in [-0.3, -0.25) is 20.0 Å². The minimum atomic E-state index is -0.648. The molecule has 13 heteroatoms. The van der Waals surface area contributed by atoms with Crippen molar-refractivity contribution in [2.24, 2.45) is 0 Å². The van der Waals surface area contributed by atoms with Gasteiger partial charge in [-0.05, 0) is 42.7 Å². The van der Waals surface area contributed by atoms with Crippen molar-refractivity contribution in [1.29, 1.82) is 0 Å². The van der Waals surface area contributed by atoms with Gasteiger partial charge in [0.05, 0.1) is 28.8 Å².